The van der Waals surface area contributed by atoms with Gasteiger partial charge in [0.05, 0.1) is 0 Å². The van der Waals surface area contributed by atoms with Crippen molar-refractivity contribution in [1.29, 1.82) is 0 Å². The first kappa shape index (κ1) is 17.4. The largest absolute Gasteiger partial charge is 0.503 e. The van der Waals surface area contributed by atoms with Crippen LogP contribution in [-0.2, 0) is 4.79 Å². The Kier molecular flexibility index (Phi) is 15.0. The Bertz CT molecular complexity index is 139. The van der Waals surface area contributed by atoms with Gasteiger partial charge in [0.1, 0.15) is 6.04 Å². The quantitative estimate of drug-likeness (QED) is 0.416. The van der Waals surface area contributed by atoms with E-state index < -0.39 is 18.2 Å². The molecule has 0 rings (SSSR count). The van der Waals surface area contributed by atoms with E-state index in [1.54, 1.807) is 0 Å². The van der Waals surface area contributed by atoms with E-state index in [9.17, 15) is 4.79 Å². The van der Waals surface area contributed by atoms with Crippen molar-refractivity contribution >= 4 is 37.2 Å². The highest BCUT2D eigenvalue weighted by atomic mass is 35.5. The molecule has 0 saturated carbocycles. The second-order valence-corrected chi connectivity index (χ2v) is 1.78. The van der Waals surface area contributed by atoms with Gasteiger partial charge >= 0.3 is 12.1 Å². The first-order valence-corrected chi connectivity index (χ1v) is 3.06. The van der Waals surface area contributed by atoms with Crippen LogP contribution in [0.2, 0.25) is 0 Å². The van der Waals surface area contributed by atoms with Gasteiger partial charge in [-0.2, -0.15) is 12.6 Å². The zero-order valence-electron chi connectivity index (χ0n) is 5.88. The molecule has 74 valence electrons. The average Bonchev–Trinajstić information content (AvgIpc) is 1.85. The first-order chi connectivity index (χ1) is 4.91. The Morgan fingerprint density at radius 1 is 1.33 bits per heavy atom. The Balaban J connectivity index is -0.000000142. The van der Waals surface area contributed by atoms with E-state index in [2.05, 4.69) is 12.6 Å². The lowest BCUT2D eigenvalue weighted by molar-refractivity contribution is -0.137. The molecule has 0 aliphatic heterocycles. The zero-order chi connectivity index (χ0) is 9.44. The molecule has 6 nitrogen and oxygen atoms in total. The smallest absolute Gasteiger partial charge is 0.480 e. The number of hydrogen-bond donors (Lipinski definition) is 5. The Morgan fingerprint density at radius 3 is 1.58 bits per heavy atom. The minimum absolute atomic E-state index is 0. The minimum atomic E-state index is -1.83. The molecule has 0 amide bonds. The second kappa shape index (κ2) is 10.3. The molecular weight excluding hydrogens is 210 g/mol. The lowest BCUT2D eigenvalue weighted by Gasteiger charge is -1.96. The number of hydrogen-bond acceptors (Lipinski definition) is 4. The molecule has 0 saturated heterocycles. The van der Waals surface area contributed by atoms with Crippen molar-refractivity contribution < 1.29 is 24.9 Å². The van der Waals surface area contributed by atoms with Crippen molar-refractivity contribution in [1.82, 2.24) is 0 Å². The standard InChI is InChI=1S/C3H7NO2S.CH2O3.ClH/c4-2(1-7)3(5)6;2-1(3)4;/h2,7H,1,4H2,(H,5,6);(H2,2,3,4);1H/t2-;;/m0../s1. The molecule has 0 fully saturated rings. The molecule has 0 aromatic carbocycles. The summed E-state index contributed by atoms with van der Waals surface area (Å²) in [6, 6.07) is -0.816. The summed E-state index contributed by atoms with van der Waals surface area (Å²) in [6.07, 6.45) is -1.83. The highest BCUT2D eigenvalue weighted by Crippen LogP contribution is 1.80. The maximum atomic E-state index is 9.76. The van der Waals surface area contributed by atoms with Crippen LogP contribution in [0.5, 0.6) is 0 Å². The topological polar surface area (TPSA) is 121 Å². The molecule has 0 aliphatic rings. The van der Waals surface area contributed by atoms with E-state index in [0.29, 0.717) is 0 Å². The van der Waals surface area contributed by atoms with Crippen LogP contribution in [0, 0.1) is 0 Å². The lowest BCUT2D eigenvalue weighted by Crippen LogP contribution is -2.31. The van der Waals surface area contributed by atoms with Crippen LogP contribution in [-0.4, -0.2) is 39.2 Å². The summed E-state index contributed by atoms with van der Waals surface area (Å²) in [5.74, 6) is -0.815. The summed E-state index contributed by atoms with van der Waals surface area (Å²) in [7, 11) is 0. The summed E-state index contributed by atoms with van der Waals surface area (Å²) >= 11 is 3.65. The molecule has 0 aliphatic carbocycles. The van der Waals surface area contributed by atoms with E-state index in [1.165, 1.54) is 0 Å². The van der Waals surface area contributed by atoms with Crippen LogP contribution in [0.4, 0.5) is 4.79 Å². The molecular formula is C4H10ClNO5S. The Labute approximate surface area is 80.2 Å². The van der Waals surface area contributed by atoms with Gasteiger partial charge in [0, 0.05) is 5.75 Å². The molecule has 0 spiro atoms. The third-order valence-corrected chi connectivity index (χ3v) is 0.907. The molecule has 0 aromatic rings. The van der Waals surface area contributed by atoms with E-state index in [4.69, 9.17) is 25.8 Å². The molecule has 1 atom stereocenters. The molecule has 5 N–H and O–H groups in total. The van der Waals surface area contributed by atoms with Crippen LogP contribution in [0.1, 0.15) is 0 Å². The average molecular weight is 220 g/mol. The molecule has 0 heterocycles. The van der Waals surface area contributed by atoms with Gasteiger partial charge in [-0.1, -0.05) is 0 Å². The number of carboxylic acids is 1. The normalized spacial score (nSPS) is 9.83. The van der Waals surface area contributed by atoms with Gasteiger partial charge in [0.2, 0.25) is 0 Å². The third kappa shape index (κ3) is 22.8. The maximum absolute atomic E-state index is 9.76. The molecule has 8 heteroatoms. The number of halogens is 1. The summed E-state index contributed by atoms with van der Waals surface area (Å²) in [5.41, 5.74) is 4.94. The van der Waals surface area contributed by atoms with Crippen molar-refractivity contribution in [3.63, 3.8) is 0 Å². The second-order valence-electron chi connectivity index (χ2n) is 1.41. The van der Waals surface area contributed by atoms with E-state index in [0.717, 1.165) is 0 Å². The maximum Gasteiger partial charge on any atom is 0.503 e. The molecule has 0 bridgehead atoms. The van der Waals surface area contributed by atoms with Gasteiger partial charge in [-0.3, -0.25) is 4.79 Å². The van der Waals surface area contributed by atoms with Crippen LogP contribution in [0.15, 0.2) is 0 Å². The Hall–Kier alpha value is -0.660. The Morgan fingerprint density at radius 2 is 1.58 bits per heavy atom. The number of aliphatic carboxylic acids is 1. The molecule has 0 unspecified atom stereocenters. The van der Waals surface area contributed by atoms with E-state index in [-0.39, 0.29) is 18.2 Å². The van der Waals surface area contributed by atoms with Gasteiger partial charge in [0.25, 0.3) is 0 Å². The monoisotopic (exact) mass is 219 g/mol. The van der Waals surface area contributed by atoms with Gasteiger partial charge < -0.3 is 21.1 Å². The summed E-state index contributed by atoms with van der Waals surface area (Å²) in [6.45, 7) is 0. The first-order valence-electron chi connectivity index (χ1n) is 2.43. The number of nitrogens with two attached hydrogens (primary N) is 1. The number of carbonyl (C=O) groups is 2. The van der Waals surface area contributed by atoms with Crippen LogP contribution < -0.4 is 5.73 Å². The summed E-state index contributed by atoms with van der Waals surface area (Å²) in [4.78, 5) is 18.3. The van der Waals surface area contributed by atoms with Crippen molar-refractivity contribution in [3.05, 3.63) is 0 Å². The highest BCUT2D eigenvalue weighted by molar-refractivity contribution is 7.80. The highest BCUT2D eigenvalue weighted by Gasteiger charge is 2.06. The number of carboxylic acid groups (broad SMARTS) is 3. The number of rotatable bonds is 2. The van der Waals surface area contributed by atoms with Crippen molar-refractivity contribution in [2.24, 2.45) is 5.73 Å². The van der Waals surface area contributed by atoms with Crippen LogP contribution in [0.25, 0.3) is 0 Å². The molecule has 0 aromatic heterocycles. The molecule has 12 heavy (non-hydrogen) atoms. The fraction of sp³-hybridized carbons (Fsp3) is 0.500. The summed E-state index contributed by atoms with van der Waals surface area (Å²) < 4.78 is 0. The minimum Gasteiger partial charge on any atom is -0.480 e. The van der Waals surface area contributed by atoms with Crippen molar-refractivity contribution in [3.8, 4) is 0 Å². The van der Waals surface area contributed by atoms with E-state index in [1.807, 2.05) is 0 Å². The lowest BCUT2D eigenvalue weighted by atomic mass is 10.4. The predicted octanol–water partition coefficient (Wildman–Crippen LogP) is -0.0277. The SMILES string of the molecule is Cl.N[C@@H](CS)C(=O)O.O=C(O)O. The fourth-order valence-corrected chi connectivity index (χ4v) is 0.234. The van der Waals surface area contributed by atoms with Gasteiger partial charge in [-0.05, 0) is 0 Å². The molecule has 0 radical (unpaired) electrons. The number of thiol groups is 1. The van der Waals surface area contributed by atoms with Crippen molar-refractivity contribution in [2.45, 2.75) is 6.04 Å². The predicted molar refractivity (Wildman–Crippen MR) is 47.4 cm³/mol. The van der Waals surface area contributed by atoms with Gasteiger partial charge in [-0.15, -0.1) is 12.4 Å². The van der Waals surface area contributed by atoms with Crippen molar-refractivity contribution in [2.75, 3.05) is 5.75 Å². The zero-order valence-corrected chi connectivity index (χ0v) is 7.59. The van der Waals surface area contributed by atoms with Gasteiger partial charge in [-0.25, -0.2) is 4.79 Å². The van der Waals surface area contributed by atoms with E-state index >= 15 is 0 Å². The van der Waals surface area contributed by atoms with Crippen LogP contribution >= 0.6 is 25.0 Å². The van der Waals surface area contributed by atoms with Crippen LogP contribution in [0.3, 0.4) is 0 Å². The van der Waals surface area contributed by atoms with Gasteiger partial charge in [0.15, 0.2) is 0 Å². The summed E-state index contributed by atoms with van der Waals surface area (Å²) in [5, 5.41) is 22.0. The fourth-order valence-electron chi connectivity index (χ4n) is 0.0781. The third-order valence-electron chi connectivity index (χ3n) is 0.514.